The minimum absolute atomic E-state index is 0.349. The number of carbonyl (C=O) groups excluding carboxylic acids is 1. The molecular weight excluding hydrogens is 270 g/mol. The van der Waals surface area contributed by atoms with Crippen molar-refractivity contribution in [3.05, 3.63) is 35.4 Å². The molecule has 7 heteroatoms. The molecule has 1 aromatic carbocycles. The van der Waals surface area contributed by atoms with Crippen LogP contribution in [0.1, 0.15) is 31.9 Å². The lowest BCUT2D eigenvalue weighted by Gasteiger charge is -2.20. The maximum atomic E-state index is 11.6. The van der Waals surface area contributed by atoms with Crippen LogP contribution in [0.4, 0.5) is 4.79 Å². The van der Waals surface area contributed by atoms with E-state index < -0.39 is 11.7 Å². The van der Waals surface area contributed by atoms with Gasteiger partial charge in [0.1, 0.15) is 11.4 Å². The number of benzene rings is 1. The fourth-order valence-electron chi connectivity index (χ4n) is 1.53. The van der Waals surface area contributed by atoms with Crippen LogP contribution in [0.25, 0.3) is 0 Å². The molecule has 0 spiro atoms. The summed E-state index contributed by atoms with van der Waals surface area (Å²) < 4.78 is 5.17. The molecule has 0 unspecified atom stereocenters. The second-order valence-electron chi connectivity index (χ2n) is 5.12. The van der Waals surface area contributed by atoms with Crippen molar-refractivity contribution in [3.63, 3.8) is 0 Å². The van der Waals surface area contributed by atoms with Crippen LogP contribution in [0, 0.1) is 11.1 Å². The van der Waals surface area contributed by atoms with Crippen LogP contribution < -0.4 is 11.1 Å². The Bertz CT molecular complexity index is 494. The fourth-order valence-corrected chi connectivity index (χ4v) is 1.53. The average molecular weight is 293 g/mol. The molecule has 0 atom stereocenters. The van der Waals surface area contributed by atoms with Crippen LogP contribution in [-0.4, -0.2) is 24.6 Å². The highest BCUT2D eigenvalue weighted by Crippen LogP contribution is 2.10. The van der Waals surface area contributed by atoms with Gasteiger partial charge in [-0.15, -0.1) is 0 Å². The van der Waals surface area contributed by atoms with E-state index in [1.165, 1.54) is 0 Å². The van der Waals surface area contributed by atoms with Crippen LogP contribution >= 0.6 is 0 Å². The first-order valence-corrected chi connectivity index (χ1v) is 6.36. The average Bonchev–Trinajstić information content (AvgIpc) is 2.45. The Balaban J connectivity index is 0.00000191. The summed E-state index contributed by atoms with van der Waals surface area (Å²) in [6, 6.07) is 7.53. The predicted octanol–water partition coefficient (Wildman–Crippen LogP) is 2.64. The van der Waals surface area contributed by atoms with Crippen LogP contribution in [0.5, 0.6) is 0 Å². The molecule has 0 fully saturated rings. The lowest BCUT2D eigenvalue weighted by molar-refractivity contribution is 0.0523. The molecule has 0 saturated heterocycles. The third-order valence-corrected chi connectivity index (χ3v) is 2.36. The molecule has 7 nitrogen and oxygen atoms in total. The van der Waals surface area contributed by atoms with Gasteiger partial charge in [-0.05, 0) is 26.3 Å². The number of aliphatic imine (C=N–C) groups is 1. The van der Waals surface area contributed by atoms with Crippen molar-refractivity contribution in [2.45, 2.75) is 32.9 Å². The van der Waals surface area contributed by atoms with Crippen molar-refractivity contribution >= 4 is 11.9 Å². The van der Waals surface area contributed by atoms with Crippen molar-refractivity contribution in [1.29, 1.82) is 11.1 Å². The maximum absolute atomic E-state index is 11.6. The number of rotatable bonds is 3. The van der Waals surface area contributed by atoms with E-state index in [0.717, 1.165) is 11.1 Å². The number of amides is 1. The lowest BCUT2D eigenvalue weighted by Crippen LogP contribution is -2.32. The van der Waals surface area contributed by atoms with E-state index in [1.54, 1.807) is 7.05 Å². The number of nitrogens with zero attached hydrogens (tertiary/aromatic N) is 1. The van der Waals surface area contributed by atoms with Crippen molar-refractivity contribution in [2.24, 2.45) is 10.7 Å². The van der Waals surface area contributed by atoms with Gasteiger partial charge < -0.3 is 15.8 Å². The third-order valence-electron chi connectivity index (χ3n) is 2.36. The second-order valence-corrected chi connectivity index (χ2v) is 5.12. The summed E-state index contributed by atoms with van der Waals surface area (Å²) in [4.78, 5) is 15.5. The maximum Gasteiger partial charge on any atom is 0.407 e. The van der Waals surface area contributed by atoms with E-state index in [-0.39, 0.29) is 0 Å². The SMILES string of the molecule is CN=C(N)c1ccccc1CNC(=O)OC(C)(C)C.N=N. The summed E-state index contributed by atoms with van der Waals surface area (Å²) in [5.74, 6) is 0.446. The lowest BCUT2D eigenvalue weighted by atomic mass is 10.1. The minimum Gasteiger partial charge on any atom is -0.444 e. The minimum atomic E-state index is -0.506. The van der Waals surface area contributed by atoms with E-state index in [0.29, 0.717) is 12.4 Å². The van der Waals surface area contributed by atoms with Gasteiger partial charge in [-0.1, -0.05) is 24.3 Å². The van der Waals surface area contributed by atoms with Gasteiger partial charge >= 0.3 is 6.09 Å². The third kappa shape index (κ3) is 7.05. The fraction of sp³-hybridized carbons (Fsp3) is 0.429. The van der Waals surface area contributed by atoms with Gasteiger partial charge in [0.2, 0.25) is 0 Å². The number of hydrogen-bond donors (Lipinski definition) is 4. The molecule has 0 heterocycles. The highest BCUT2D eigenvalue weighted by molar-refractivity contribution is 5.98. The van der Waals surface area contributed by atoms with Crippen LogP contribution in [-0.2, 0) is 11.3 Å². The standard InChI is InChI=1S/C14H21N3O2.H2N2/c1-14(2,3)19-13(18)17-9-10-7-5-6-8-11(10)12(15)16-4;1-2/h5-8H,9H2,1-4H3,(H2,15,16)(H,17,18);1-2H. The van der Waals surface area contributed by atoms with Gasteiger partial charge in [-0.25, -0.2) is 15.9 Å². The molecule has 1 aromatic rings. The first-order chi connectivity index (χ1) is 9.83. The zero-order valence-electron chi connectivity index (χ0n) is 12.9. The van der Waals surface area contributed by atoms with Crippen LogP contribution in [0.3, 0.4) is 0 Å². The topological polar surface area (TPSA) is 124 Å². The van der Waals surface area contributed by atoms with Gasteiger partial charge in [-0.2, -0.15) is 0 Å². The summed E-state index contributed by atoms with van der Waals surface area (Å²) in [6.45, 7) is 5.81. The quantitative estimate of drug-likeness (QED) is 0.389. The summed E-state index contributed by atoms with van der Waals surface area (Å²) in [7, 11) is 1.63. The number of ether oxygens (including phenoxy) is 1. The number of hydrogen-bond acceptors (Lipinski definition) is 5. The van der Waals surface area contributed by atoms with Crippen LogP contribution in [0.15, 0.2) is 29.3 Å². The van der Waals surface area contributed by atoms with Gasteiger partial charge in [0.25, 0.3) is 0 Å². The molecule has 116 valence electrons. The molecule has 0 bridgehead atoms. The Labute approximate surface area is 124 Å². The number of nitrogens with one attached hydrogen (secondary N) is 3. The summed E-state index contributed by atoms with van der Waals surface area (Å²) in [5.41, 5.74) is 17.0. The Kier molecular flexibility index (Phi) is 7.67. The number of nitrogens with two attached hydrogens (primary N) is 1. The predicted molar refractivity (Wildman–Crippen MR) is 81.6 cm³/mol. The normalized spacial score (nSPS) is 11.1. The monoisotopic (exact) mass is 293 g/mol. The van der Waals surface area contributed by atoms with Crippen molar-refractivity contribution in [3.8, 4) is 0 Å². The first kappa shape index (κ1) is 18.6. The Hall–Kier alpha value is -2.44. The molecule has 21 heavy (non-hydrogen) atoms. The number of alkyl carbamates (subject to hydrolysis) is 1. The molecule has 0 aliphatic rings. The Morgan fingerprint density at radius 1 is 1.33 bits per heavy atom. The molecule has 0 aliphatic carbocycles. The van der Waals surface area contributed by atoms with Gasteiger partial charge in [0.15, 0.2) is 0 Å². The van der Waals surface area contributed by atoms with Crippen molar-refractivity contribution < 1.29 is 9.53 Å². The van der Waals surface area contributed by atoms with Crippen molar-refractivity contribution in [1.82, 2.24) is 5.32 Å². The summed E-state index contributed by atoms with van der Waals surface area (Å²) in [6.07, 6.45) is -0.450. The van der Waals surface area contributed by atoms with E-state index in [4.69, 9.17) is 21.5 Å². The molecule has 0 radical (unpaired) electrons. The van der Waals surface area contributed by atoms with Crippen LogP contribution in [0.2, 0.25) is 0 Å². The molecule has 0 saturated carbocycles. The smallest absolute Gasteiger partial charge is 0.407 e. The van der Waals surface area contributed by atoms with Crippen molar-refractivity contribution in [2.75, 3.05) is 7.05 Å². The summed E-state index contributed by atoms with van der Waals surface area (Å²) in [5, 5.41) is 2.70. The highest BCUT2D eigenvalue weighted by atomic mass is 16.6. The van der Waals surface area contributed by atoms with Gasteiger partial charge in [0.05, 0.1) is 0 Å². The molecule has 5 N–H and O–H groups in total. The first-order valence-electron chi connectivity index (χ1n) is 6.36. The highest BCUT2D eigenvalue weighted by Gasteiger charge is 2.16. The molecule has 1 rings (SSSR count). The van der Waals surface area contributed by atoms with Gasteiger partial charge in [0, 0.05) is 19.2 Å². The molecular formula is C14H23N5O2. The second kappa shape index (κ2) is 8.68. The molecule has 1 amide bonds. The van der Waals surface area contributed by atoms with E-state index in [2.05, 4.69) is 10.3 Å². The van der Waals surface area contributed by atoms with E-state index in [9.17, 15) is 4.79 Å². The largest absolute Gasteiger partial charge is 0.444 e. The Morgan fingerprint density at radius 3 is 2.43 bits per heavy atom. The zero-order valence-corrected chi connectivity index (χ0v) is 12.9. The zero-order chi connectivity index (χ0) is 16.5. The molecule has 0 aliphatic heterocycles. The molecule has 0 aromatic heterocycles. The van der Waals surface area contributed by atoms with Gasteiger partial charge in [-0.3, -0.25) is 4.99 Å². The van der Waals surface area contributed by atoms with E-state index >= 15 is 0 Å². The Morgan fingerprint density at radius 2 is 1.90 bits per heavy atom. The summed E-state index contributed by atoms with van der Waals surface area (Å²) >= 11 is 0. The number of carbonyl (C=O) groups is 1. The number of amidine groups is 1. The van der Waals surface area contributed by atoms with E-state index in [1.807, 2.05) is 45.0 Å².